The molecule has 0 bridgehead atoms. The van der Waals surface area contributed by atoms with Gasteiger partial charge in [-0.2, -0.15) is 9.47 Å². The van der Waals surface area contributed by atoms with Gasteiger partial charge in [0.15, 0.2) is 5.69 Å². The second-order valence-corrected chi connectivity index (χ2v) is 6.36. The van der Waals surface area contributed by atoms with Crippen LogP contribution in [0.3, 0.4) is 0 Å². The largest absolute Gasteiger partial charge is 0.378 e. The van der Waals surface area contributed by atoms with Crippen molar-refractivity contribution >= 4 is 29.3 Å². The third-order valence-corrected chi connectivity index (χ3v) is 4.64. The Bertz CT molecular complexity index is 857. The number of aromatic nitrogens is 2. The second-order valence-electron chi connectivity index (χ2n) is 5.73. The first-order valence-electron chi connectivity index (χ1n) is 7.87. The molecule has 1 aliphatic heterocycles. The van der Waals surface area contributed by atoms with Crippen LogP contribution >= 0.6 is 11.5 Å². The monoisotopic (exact) mass is 352 g/mol. The van der Waals surface area contributed by atoms with Gasteiger partial charge in [0.2, 0.25) is 0 Å². The Balaban J connectivity index is 1.42. The Hall–Kier alpha value is -3.00. The summed E-state index contributed by atoms with van der Waals surface area (Å²) >= 11 is 1.25. The van der Waals surface area contributed by atoms with Gasteiger partial charge in [-0.05, 0) is 41.4 Å². The van der Waals surface area contributed by atoms with Crippen molar-refractivity contribution in [2.45, 2.75) is 12.6 Å². The maximum absolute atomic E-state index is 12.6. The van der Waals surface area contributed by atoms with Crippen LogP contribution in [0.2, 0.25) is 0 Å². The number of hydrazone groups is 1. The van der Waals surface area contributed by atoms with E-state index >= 15 is 0 Å². The first-order chi connectivity index (χ1) is 12.3. The number of hydrogen-bond acceptors (Lipinski definition) is 7. The average Bonchev–Trinajstić information content (AvgIpc) is 3.29. The number of amides is 1. The molecule has 0 saturated heterocycles. The summed E-state index contributed by atoms with van der Waals surface area (Å²) in [7, 11) is 0. The lowest BCUT2D eigenvalue weighted by Crippen LogP contribution is -2.30. The molecule has 0 radical (unpaired) electrons. The van der Waals surface area contributed by atoms with Crippen molar-refractivity contribution < 1.29 is 4.79 Å². The van der Waals surface area contributed by atoms with Gasteiger partial charge in [-0.3, -0.25) is 9.78 Å². The van der Waals surface area contributed by atoms with Gasteiger partial charge < -0.3 is 16.1 Å². The molecule has 7 nitrogen and oxygen atoms in total. The number of rotatable bonds is 5. The fourth-order valence-corrected chi connectivity index (χ4v) is 3.32. The zero-order valence-corrected chi connectivity index (χ0v) is 14.0. The molecule has 0 aromatic carbocycles. The summed E-state index contributed by atoms with van der Waals surface area (Å²) in [6.45, 7) is 0.607. The Morgan fingerprint density at radius 3 is 3.08 bits per heavy atom. The van der Waals surface area contributed by atoms with Gasteiger partial charge in [-0.25, -0.2) is 0 Å². The Morgan fingerprint density at radius 2 is 2.20 bits per heavy atom. The van der Waals surface area contributed by atoms with Crippen LogP contribution in [0.25, 0.3) is 0 Å². The van der Waals surface area contributed by atoms with Crippen molar-refractivity contribution in [3.63, 3.8) is 0 Å². The van der Waals surface area contributed by atoms with Gasteiger partial charge in [0, 0.05) is 42.1 Å². The molecule has 3 N–H and O–H groups in total. The van der Waals surface area contributed by atoms with Crippen molar-refractivity contribution in [2.75, 3.05) is 5.32 Å². The number of nitrogens with zero attached hydrogens (tertiary/aromatic N) is 3. The van der Waals surface area contributed by atoms with Crippen molar-refractivity contribution in [3.8, 4) is 0 Å². The van der Waals surface area contributed by atoms with Gasteiger partial charge in [0.1, 0.15) is 0 Å². The number of pyridine rings is 1. The lowest BCUT2D eigenvalue weighted by molar-refractivity contribution is 0.0964. The minimum Gasteiger partial charge on any atom is -0.378 e. The molecule has 1 aliphatic carbocycles. The van der Waals surface area contributed by atoms with Crippen LogP contribution in [0.4, 0.5) is 5.69 Å². The predicted molar refractivity (Wildman–Crippen MR) is 97.3 cm³/mol. The highest BCUT2D eigenvalue weighted by atomic mass is 32.1. The summed E-state index contributed by atoms with van der Waals surface area (Å²) in [6.07, 6.45) is 11.2. The highest BCUT2D eigenvalue weighted by molar-refractivity contribution is 7.04. The lowest BCUT2D eigenvalue weighted by atomic mass is 9.96. The molecule has 2 aromatic heterocycles. The number of fused-ring (bicyclic) bond motifs is 1. The van der Waals surface area contributed by atoms with Gasteiger partial charge in [0.05, 0.1) is 11.7 Å². The van der Waals surface area contributed by atoms with E-state index < -0.39 is 0 Å². The molecule has 0 spiro atoms. The first-order valence-corrected chi connectivity index (χ1v) is 8.70. The van der Waals surface area contributed by atoms with Crippen molar-refractivity contribution in [1.82, 2.24) is 20.1 Å². The molecule has 0 fully saturated rings. The van der Waals surface area contributed by atoms with E-state index in [1.807, 2.05) is 42.0 Å². The molecule has 3 heterocycles. The quantitative estimate of drug-likeness (QED) is 0.765. The maximum Gasteiger partial charge on any atom is 0.277 e. The summed E-state index contributed by atoms with van der Waals surface area (Å²) in [4.78, 5) is 16.6. The van der Waals surface area contributed by atoms with Crippen molar-refractivity contribution in [3.05, 3.63) is 65.1 Å². The molecule has 0 saturated carbocycles. The zero-order valence-electron chi connectivity index (χ0n) is 13.2. The molecular weight excluding hydrogens is 336 g/mol. The molecule has 4 rings (SSSR count). The molecular formula is C17H16N6OS. The molecule has 2 aliphatic rings. The molecule has 1 amide bonds. The molecule has 25 heavy (non-hydrogen) atoms. The summed E-state index contributed by atoms with van der Waals surface area (Å²) in [5.41, 5.74) is 5.97. The lowest BCUT2D eigenvalue weighted by Gasteiger charge is -2.17. The summed E-state index contributed by atoms with van der Waals surface area (Å²) in [5.74, 6) is -0.0595. The maximum atomic E-state index is 12.6. The fourth-order valence-electron chi connectivity index (χ4n) is 2.68. The topological polar surface area (TPSA) is 91.3 Å². The fraction of sp³-hybridized carbons (Fsp3) is 0.176. The zero-order chi connectivity index (χ0) is 17.1. The van der Waals surface area contributed by atoms with E-state index in [9.17, 15) is 4.79 Å². The molecule has 2 unspecified atom stereocenters. The predicted octanol–water partition coefficient (Wildman–Crippen LogP) is 1.91. The van der Waals surface area contributed by atoms with Crippen molar-refractivity contribution in [1.29, 1.82) is 0 Å². The minimum atomic E-state index is -0.226. The third kappa shape index (κ3) is 3.43. The van der Waals surface area contributed by atoms with Gasteiger partial charge >= 0.3 is 0 Å². The van der Waals surface area contributed by atoms with Crippen LogP contribution in [0, 0.1) is 5.92 Å². The van der Waals surface area contributed by atoms with E-state index in [0.717, 1.165) is 16.9 Å². The Kier molecular flexibility index (Phi) is 4.26. The smallest absolute Gasteiger partial charge is 0.277 e. The number of anilines is 1. The van der Waals surface area contributed by atoms with Crippen LogP contribution < -0.4 is 16.1 Å². The SMILES string of the molecule is O=C(NC1=CC2C=NNC2C=C1)c1nscc1NCc1ccncc1. The minimum absolute atomic E-state index is 0.167. The second kappa shape index (κ2) is 6.86. The number of nitrogens with one attached hydrogen (secondary N) is 3. The van der Waals surface area contributed by atoms with Crippen LogP contribution in [0.15, 0.2) is 58.9 Å². The van der Waals surface area contributed by atoms with Crippen LogP contribution in [-0.2, 0) is 6.54 Å². The van der Waals surface area contributed by atoms with Gasteiger partial charge in [-0.1, -0.05) is 6.08 Å². The van der Waals surface area contributed by atoms with Gasteiger partial charge in [-0.15, -0.1) is 0 Å². The van der Waals surface area contributed by atoms with E-state index in [1.165, 1.54) is 11.5 Å². The number of allylic oxidation sites excluding steroid dienone is 1. The average molecular weight is 352 g/mol. The Morgan fingerprint density at radius 1 is 1.32 bits per heavy atom. The highest BCUT2D eigenvalue weighted by Gasteiger charge is 2.24. The van der Waals surface area contributed by atoms with E-state index in [-0.39, 0.29) is 17.9 Å². The summed E-state index contributed by atoms with van der Waals surface area (Å²) in [5, 5.41) is 12.1. The standard InChI is InChI=1S/C17H16N6OS/c24-17(21-13-1-2-14-12(7-13)9-20-22-14)16-15(10-25-23-16)19-8-11-3-5-18-6-4-11/h1-7,9-10,12,14,19,22H,8H2,(H,21,24). The Labute approximate surface area is 148 Å². The highest BCUT2D eigenvalue weighted by Crippen LogP contribution is 2.21. The van der Waals surface area contributed by atoms with E-state index in [2.05, 4.69) is 30.5 Å². The number of carbonyl (C=O) groups is 1. The molecule has 2 atom stereocenters. The number of carbonyl (C=O) groups excluding carboxylic acids is 1. The third-order valence-electron chi connectivity index (χ3n) is 4.02. The normalized spacial score (nSPS) is 20.6. The van der Waals surface area contributed by atoms with Crippen LogP contribution in [0.1, 0.15) is 16.1 Å². The van der Waals surface area contributed by atoms with Gasteiger partial charge in [0.25, 0.3) is 5.91 Å². The van der Waals surface area contributed by atoms with E-state index in [1.54, 1.807) is 12.4 Å². The van der Waals surface area contributed by atoms with Crippen LogP contribution in [0.5, 0.6) is 0 Å². The molecule has 126 valence electrons. The summed E-state index contributed by atoms with van der Waals surface area (Å²) < 4.78 is 4.23. The summed E-state index contributed by atoms with van der Waals surface area (Å²) in [6, 6.07) is 4.03. The number of hydrogen-bond donors (Lipinski definition) is 3. The van der Waals surface area contributed by atoms with Crippen molar-refractivity contribution in [2.24, 2.45) is 11.0 Å². The molecule has 8 heteroatoms. The first kappa shape index (κ1) is 15.5. The molecule has 2 aromatic rings. The van der Waals surface area contributed by atoms with E-state index in [0.29, 0.717) is 12.2 Å². The van der Waals surface area contributed by atoms with Crippen LogP contribution in [-0.4, -0.2) is 27.5 Å². The van der Waals surface area contributed by atoms with E-state index in [4.69, 9.17) is 0 Å².